The van der Waals surface area contributed by atoms with Crippen LogP contribution in [0.2, 0.25) is 10.0 Å². The predicted octanol–water partition coefficient (Wildman–Crippen LogP) is 6.05. The van der Waals surface area contributed by atoms with Crippen molar-refractivity contribution in [2.75, 3.05) is 6.54 Å². The maximum absolute atomic E-state index is 14.0. The van der Waals surface area contributed by atoms with E-state index < -0.39 is 17.9 Å². The molecular weight excluding hydrogens is 483 g/mol. The minimum absolute atomic E-state index is 0.127. The summed E-state index contributed by atoms with van der Waals surface area (Å²) in [4.78, 5) is 14.3. The van der Waals surface area contributed by atoms with Crippen molar-refractivity contribution in [3.05, 3.63) is 68.5 Å². The van der Waals surface area contributed by atoms with Gasteiger partial charge in [-0.05, 0) is 54.9 Å². The Hall–Kier alpha value is -2.22. The van der Waals surface area contributed by atoms with E-state index in [4.69, 9.17) is 23.2 Å². The van der Waals surface area contributed by atoms with Crippen LogP contribution >= 0.6 is 23.2 Å². The Morgan fingerprint density at radius 1 is 1.24 bits per heavy atom. The van der Waals surface area contributed by atoms with Crippen molar-refractivity contribution in [3.8, 4) is 0 Å². The third-order valence-corrected chi connectivity index (χ3v) is 7.98. The van der Waals surface area contributed by atoms with Gasteiger partial charge in [0.2, 0.25) is 5.91 Å². The van der Waals surface area contributed by atoms with Crippen LogP contribution in [0.15, 0.2) is 30.6 Å². The highest BCUT2D eigenvalue weighted by Gasteiger charge is 2.44. The maximum atomic E-state index is 14.0. The fourth-order valence-electron chi connectivity index (χ4n) is 5.28. The first kappa shape index (κ1) is 23.5. The van der Waals surface area contributed by atoms with Crippen LogP contribution in [0.5, 0.6) is 0 Å². The number of benzene rings is 1. The molecule has 1 amide bonds. The second-order valence-corrected chi connectivity index (χ2v) is 10.3. The minimum Gasteiger partial charge on any atom is -0.379 e. The van der Waals surface area contributed by atoms with E-state index in [1.807, 2.05) is 19.2 Å². The molecule has 1 aliphatic carbocycles. The van der Waals surface area contributed by atoms with E-state index in [1.165, 1.54) is 19.2 Å². The fourth-order valence-corrected chi connectivity index (χ4v) is 5.94. The summed E-state index contributed by atoms with van der Waals surface area (Å²) in [5.74, 6) is -0.428. The molecule has 1 aromatic carbocycles. The molecule has 0 radical (unpaired) electrons. The van der Waals surface area contributed by atoms with Crippen molar-refractivity contribution in [1.29, 1.82) is 0 Å². The van der Waals surface area contributed by atoms with Crippen LogP contribution in [0, 0.1) is 0 Å². The zero-order valence-electron chi connectivity index (χ0n) is 19.0. The lowest BCUT2D eigenvalue weighted by Gasteiger charge is -2.42. The van der Waals surface area contributed by atoms with Crippen molar-refractivity contribution in [2.45, 2.75) is 63.5 Å². The number of carbonyl (C=O) groups is 1. The highest BCUT2D eigenvalue weighted by molar-refractivity contribution is 6.36. The van der Waals surface area contributed by atoms with Crippen molar-refractivity contribution < 1.29 is 18.7 Å². The summed E-state index contributed by atoms with van der Waals surface area (Å²) in [6.45, 7) is 4.68. The van der Waals surface area contributed by atoms with Crippen molar-refractivity contribution >= 4 is 34.6 Å². The number of rotatable bonds is 4. The molecule has 0 spiro atoms. The van der Waals surface area contributed by atoms with Crippen molar-refractivity contribution in [1.82, 2.24) is 14.5 Å². The molecule has 5 rings (SSSR count). The van der Waals surface area contributed by atoms with Crippen LogP contribution in [0.3, 0.4) is 0 Å². The Labute approximate surface area is 206 Å². The zero-order chi connectivity index (χ0) is 24.5. The van der Waals surface area contributed by atoms with Crippen LogP contribution in [0.25, 0.3) is 5.52 Å². The Morgan fingerprint density at radius 2 is 1.94 bits per heavy atom. The van der Waals surface area contributed by atoms with Gasteiger partial charge in [-0.3, -0.25) is 4.79 Å². The van der Waals surface area contributed by atoms with Gasteiger partial charge in [-0.25, -0.2) is 13.3 Å². The number of pyridine rings is 1. The Balaban J connectivity index is 1.86. The molecule has 180 valence electrons. The average Bonchev–Trinajstić information content (AvgIpc) is 3.57. The molecule has 34 heavy (non-hydrogen) atoms. The van der Waals surface area contributed by atoms with Crippen LogP contribution in [-0.2, 0) is 10.4 Å². The largest absolute Gasteiger partial charge is 0.379 e. The molecule has 5 nitrogen and oxygen atoms in total. The standard InChI is InChI=1S/C25H25Cl2F2N3O2/c1-12-15-5-4-6-18(25(3,34)24(28)29)20(15)17(10-31(12)13(2)33)21-22(27)16(14-7-8-14)11-32-23(21)19(26)9-30-32/h4-6,9,11-12,14,17,24,34H,7-8,10H2,1-3H3/t12-,17?,25-/m0/s1. The molecule has 3 heterocycles. The lowest BCUT2D eigenvalue weighted by atomic mass is 9.75. The number of halogens is 4. The number of fused-ring (bicyclic) bond motifs is 2. The lowest BCUT2D eigenvalue weighted by Crippen LogP contribution is -2.42. The number of aromatic nitrogens is 2. The van der Waals surface area contributed by atoms with Gasteiger partial charge in [0.05, 0.1) is 27.8 Å². The first-order valence-electron chi connectivity index (χ1n) is 11.3. The lowest BCUT2D eigenvalue weighted by molar-refractivity contribution is -0.131. The maximum Gasteiger partial charge on any atom is 0.270 e. The molecule has 1 aliphatic heterocycles. The van der Waals surface area contributed by atoms with Gasteiger partial charge in [-0.2, -0.15) is 5.10 Å². The van der Waals surface area contributed by atoms with Crippen molar-refractivity contribution in [3.63, 3.8) is 0 Å². The van der Waals surface area contributed by atoms with E-state index in [0.29, 0.717) is 38.2 Å². The van der Waals surface area contributed by atoms with Gasteiger partial charge >= 0.3 is 0 Å². The van der Waals surface area contributed by atoms with E-state index in [1.54, 1.807) is 15.5 Å². The van der Waals surface area contributed by atoms with E-state index in [0.717, 1.165) is 25.3 Å². The topological polar surface area (TPSA) is 57.8 Å². The van der Waals surface area contributed by atoms with E-state index in [-0.39, 0.29) is 24.1 Å². The molecule has 0 saturated heterocycles. The number of hydrogen-bond acceptors (Lipinski definition) is 3. The first-order valence-corrected chi connectivity index (χ1v) is 12.1. The van der Waals surface area contributed by atoms with Gasteiger partial charge in [0.1, 0.15) is 5.60 Å². The monoisotopic (exact) mass is 507 g/mol. The average molecular weight is 508 g/mol. The summed E-state index contributed by atoms with van der Waals surface area (Å²) in [5, 5.41) is 16.2. The van der Waals surface area contributed by atoms with Crippen LogP contribution in [-0.4, -0.2) is 38.5 Å². The minimum atomic E-state index is -3.01. The Bertz CT molecular complexity index is 1300. The highest BCUT2D eigenvalue weighted by Crippen LogP contribution is 2.51. The molecule has 1 N–H and O–H groups in total. The van der Waals surface area contributed by atoms with Gasteiger partial charge in [0.15, 0.2) is 0 Å². The fraction of sp³-hybridized carbons (Fsp3) is 0.440. The first-order chi connectivity index (χ1) is 16.0. The van der Waals surface area contributed by atoms with Crippen LogP contribution in [0.1, 0.15) is 79.3 Å². The number of nitrogens with zero attached hydrogens (tertiary/aromatic N) is 3. The third kappa shape index (κ3) is 3.51. The molecular formula is C25H25Cl2F2N3O2. The molecule has 1 unspecified atom stereocenters. The quantitative estimate of drug-likeness (QED) is 0.467. The molecule has 2 aliphatic rings. The molecule has 3 atom stereocenters. The summed E-state index contributed by atoms with van der Waals surface area (Å²) < 4.78 is 29.8. The molecule has 1 saturated carbocycles. The summed E-state index contributed by atoms with van der Waals surface area (Å²) >= 11 is 13.6. The summed E-state index contributed by atoms with van der Waals surface area (Å²) in [6.07, 6.45) is 2.41. The van der Waals surface area contributed by atoms with Gasteiger partial charge in [-0.1, -0.05) is 41.4 Å². The van der Waals surface area contributed by atoms with Gasteiger partial charge in [0, 0.05) is 31.1 Å². The van der Waals surface area contributed by atoms with E-state index in [9.17, 15) is 18.7 Å². The number of amides is 1. The van der Waals surface area contributed by atoms with Crippen molar-refractivity contribution in [2.24, 2.45) is 0 Å². The van der Waals surface area contributed by atoms with Crippen LogP contribution in [0.4, 0.5) is 8.78 Å². The predicted molar refractivity (Wildman–Crippen MR) is 127 cm³/mol. The smallest absolute Gasteiger partial charge is 0.270 e. The zero-order valence-corrected chi connectivity index (χ0v) is 20.5. The number of alkyl halides is 2. The van der Waals surface area contributed by atoms with Gasteiger partial charge in [-0.15, -0.1) is 0 Å². The van der Waals surface area contributed by atoms with E-state index >= 15 is 0 Å². The number of aliphatic hydroxyl groups is 1. The molecule has 2 aromatic heterocycles. The second-order valence-electron chi connectivity index (χ2n) is 9.53. The normalized spacial score (nSPS) is 22.2. The second kappa shape index (κ2) is 8.18. The number of carbonyl (C=O) groups excluding carboxylic acids is 1. The SMILES string of the molecule is CC(=O)N1CC(c2c(Cl)c(C3CC3)cn3ncc(Cl)c23)c2c(cccc2[C@](C)(O)C(F)F)[C@@H]1C. The summed E-state index contributed by atoms with van der Waals surface area (Å²) in [5.41, 5.74) is 1.15. The van der Waals surface area contributed by atoms with Crippen LogP contribution < -0.4 is 0 Å². The van der Waals surface area contributed by atoms with Gasteiger partial charge < -0.3 is 10.0 Å². The Kier molecular flexibility index (Phi) is 5.66. The Morgan fingerprint density at radius 3 is 2.56 bits per heavy atom. The molecule has 3 aromatic rings. The van der Waals surface area contributed by atoms with E-state index in [2.05, 4.69) is 5.10 Å². The number of hydrogen-bond donors (Lipinski definition) is 1. The summed E-state index contributed by atoms with van der Waals surface area (Å²) in [7, 11) is 0. The highest BCUT2D eigenvalue weighted by atomic mass is 35.5. The van der Waals surface area contributed by atoms with Gasteiger partial charge in [0.25, 0.3) is 6.43 Å². The third-order valence-electron chi connectivity index (χ3n) is 7.28. The summed E-state index contributed by atoms with van der Waals surface area (Å²) in [6, 6.07) is 4.63. The molecule has 0 bridgehead atoms. The molecule has 1 fully saturated rings. The molecule has 9 heteroatoms.